The van der Waals surface area contributed by atoms with Crippen LogP contribution in [0.3, 0.4) is 0 Å². The van der Waals surface area contributed by atoms with Gasteiger partial charge in [-0.25, -0.2) is 4.98 Å². The largest absolute Gasteiger partial charge is 0.416 e. The second kappa shape index (κ2) is 7.04. The van der Waals surface area contributed by atoms with Crippen molar-refractivity contribution in [3.63, 3.8) is 0 Å². The van der Waals surface area contributed by atoms with Gasteiger partial charge in [-0.1, -0.05) is 13.0 Å². The van der Waals surface area contributed by atoms with Crippen molar-refractivity contribution in [2.45, 2.75) is 25.0 Å². The van der Waals surface area contributed by atoms with E-state index in [1.165, 1.54) is 37.0 Å². The predicted octanol–water partition coefficient (Wildman–Crippen LogP) is 4.77. The van der Waals surface area contributed by atoms with Crippen LogP contribution in [-0.2, 0) is 6.18 Å². The summed E-state index contributed by atoms with van der Waals surface area (Å²) >= 11 is 1.54. The number of halogens is 3. The molecule has 2 rings (SSSR count). The number of hydrogen-bond donors (Lipinski definition) is 1. The number of carbonyl (C=O) groups is 1. The van der Waals surface area contributed by atoms with Gasteiger partial charge in [0.25, 0.3) is 5.91 Å². The maximum absolute atomic E-state index is 12.9. The SMILES string of the molecule is CCSc1ccc(C(=O)Nc2ccc(C)c(C(F)(F)F)c2)cn1. The summed E-state index contributed by atoms with van der Waals surface area (Å²) in [5.41, 5.74) is -0.263. The molecular formula is C16H15F3N2OS. The average Bonchev–Trinajstić information content (AvgIpc) is 2.49. The Hall–Kier alpha value is -2.02. The van der Waals surface area contributed by atoms with Crippen molar-refractivity contribution in [1.82, 2.24) is 4.98 Å². The first kappa shape index (κ1) is 17.3. The van der Waals surface area contributed by atoms with Gasteiger partial charge in [-0.2, -0.15) is 13.2 Å². The van der Waals surface area contributed by atoms with Gasteiger partial charge in [0, 0.05) is 11.9 Å². The lowest BCUT2D eigenvalue weighted by Crippen LogP contribution is -2.14. The fourth-order valence-corrected chi connectivity index (χ4v) is 2.54. The molecule has 0 saturated heterocycles. The zero-order chi connectivity index (χ0) is 17.0. The summed E-state index contributed by atoms with van der Waals surface area (Å²) in [6, 6.07) is 7.01. The van der Waals surface area contributed by atoms with Crippen LogP contribution in [0, 0.1) is 6.92 Å². The lowest BCUT2D eigenvalue weighted by molar-refractivity contribution is -0.138. The minimum absolute atomic E-state index is 0.0972. The fourth-order valence-electron chi connectivity index (χ4n) is 1.96. The summed E-state index contributed by atoms with van der Waals surface area (Å²) < 4.78 is 38.6. The molecule has 122 valence electrons. The van der Waals surface area contributed by atoms with Crippen LogP contribution >= 0.6 is 11.8 Å². The molecule has 3 nitrogen and oxygen atoms in total. The number of thioether (sulfide) groups is 1. The Balaban J connectivity index is 2.17. The monoisotopic (exact) mass is 340 g/mol. The van der Waals surface area contributed by atoms with E-state index < -0.39 is 17.6 Å². The molecule has 1 heterocycles. The van der Waals surface area contributed by atoms with Gasteiger partial charge in [-0.05, 0) is 42.5 Å². The summed E-state index contributed by atoms with van der Waals surface area (Å²) in [6.07, 6.45) is -3.04. The van der Waals surface area contributed by atoms with E-state index >= 15 is 0 Å². The first-order valence-corrected chi connectivity index (χ1v) is 7.88. The van der Waals surface area contributed by atoms with Crippen LogP contribution in [0.5, 0.6) is 0 Å². The second-order valence-electron chi connectivity index (χ2n) is 4.80. The molecule has 0 saturated carbocycles. The van der Waals surface area contributed by atoms with Crippen molar-refractivity contribution in [1.29, 1.82) is 0 Å². The quantitative estimate of drug-likeness (QED) is 0.815. The van der Waals surface area contributed by atoms with Crippen LogP contribution in [0.25, 0.3) is 0 Å². The summed E-state index contributed by atoms with van der Waals surface area (Å²) in [5, 5.41) is 3.25. The zero-order valence-electron chi connectivity index (χ0n) is 12.6. The van der Waals surface area contributed by atoms with E-state index in [0.29, 0.717) is 5.56 Å². The van der Waals surface area contributed by atoms with Gasteiger partial charge in [0.2, 0.25) is 0 Å². The molecule has 2 aromatic rings. The first-order chi connectivity index (χ1) is 10.8. The van der Waals surface area contributed by atoms with Gasteiger partial charge in [-0.3, -0.25) is 4.79 Å². The molecular weight excluding hydrogens is 325 g/mol. The highest BCUT2D eigenvalue weighted by Crippen LogP contribution is 2.33. The number of aromatic nitrogens is 1. The Morgan fingerprint density at radius 1 is 1.26 bits per heavy atom. The normalized spacial score (nSPS) is 11.3. The molecule has 1 aromatic carbocycles. The highest BCUT2D eigenvalue weighted by molar-refractivity contribution is 7.99. The van der Waals surface area contributed by atoms with Gasteiger partial charge in [0.15, 0.2) is 0 Å². The Morgan fingerprint density at radius 2 is 2.00 bits per heavy atom. The fraction of sp³-hybridized carbons (Fsp3) is 0.250. The minimum atomic E-state index is -4.45. The first-order valence-electron chi connectivity index (χ1n) is 6.89. The number of anilines is 1. The summed E-state index contributed by atoms with van der Waals surface area (Å²) in [7, 11) is 0. The molecule has 1 amide bonds. The number of nitrogens with one attached hydrogen (secondary N) is 1. The van der Waals surface area contributed by atoms with E-state index in [0.717, 1.165) is 16.8 Å². The molecule has 1 N–H and O–H groups in total. The maximum Gasteiger partial charge on any atom is 0.416 e. The number of rotatable bonds is 4. The van der Waals surface area contributed by atoms with Gasteiger partial charge in [-0.15, -0.1) is 11.8 Å². The van der Waals surface area contributed by atoms with E-state index in [9.17, 15) is 18.0 Å². The van der Waals surface area contributed by atoms with E-state index in [1.807, 2.05) is 6.92 Å². The van der Waals surface area contributed by atoms with Gasteiger partial charge >= 0.3 is 6.18 Å². The van der Waals surface area contributed by atoms with E-state index in [1.54, 1.807) is 12.1 Å². The highest BCUT2D eigenvalue weighted by Gasteiger charge is 2.32. The topological polar surface area (TPSA) is 42.0 Å². The number of nitrogens with zero attached hydrogens (tertiary/aromatic N) is 1. The Labute approximate surface area is 136 Å². The van der Waals surface area contributed by atoms with Gasteiger partial charge in [0.05, 0.1) is 16.2 Å². The van der Waals surface area contributed by atoms with Gasteiger partial charge in [0.1, 0.15) is 0 Å². The van der Waals surface area contributed by atoms with Crippen LogP contribution in [-0.4, -0.2) is 16.6 Å². The van der Waals surface area contributed by atoms with E-state index in [-0.39, 0.29) is 11.3 Å². The third-order valence-electron chi connectivity index (χ3n) is 3.09. The summed E-state index contributed by atoms with van der Waals surface area (Å²) in [5.74, 6) is 0.366. The van der Waals surface area contributed by atoms with Crippen LogP contribution in [0.2, 0.25) is 0 Å². The van der Waals surface area contributed by atoms with Crippen molar-refractivity contribution in [2.75, 3.05) is 11.1 Å². The molecule has 0 fully saturated rings. The minimum Gasteiger partial charge on any atom is -0.322 e. The number of benzene rings is 1. The number of carbonyl (C=O) groups excluding carboxylic acids is 1. The molecule has 0 spiro atoms. The number of pyridine rings is 1. The standard InChI is InChI=1S/C16H15F3N2OS/c1-3-23-14-7-5-11(9-20-14)15(22)21-12-6-4-10(2)13(8-12)16(17,18)19/h4-9H,3H2,1-2H3,(H,21,22). The van der Waals surface area contributed by atoms with E-state index in [2.05, 4.69) is 10.3 Å². The molecule has 0 aliphatic heterocycles. The Bertz CT molecular complexity index is 699. The molecule has 7 heteroatoms. The van der Waals surface area contributed by atoms with Crippen LogP contribution < -0.4 is 5.32 Å². The Morgan fingerprint density at radius 3 is 2.57 bits per heavy atom. The highest BCUT2D eigenvalue weighted by atomic mass is 32.2. The summed E-state index contributed by atoms with van der Waals surface area (Å²) in [4.78, 5) is 16.2. The van der Waals surface area contributed by atoms with Crippen molar-refractivity contribution < 1.29 is 18.0 Å². The molecule has 0 bridgehead atoms. The number of alkyl halides is 3. The lowest BCUT2D eigenvalue weighted by atomic mass is 10.1. The van der Waals surface area contributed by atoms with Crippen LogP contribution in [0.4, 0.5) is 18.9 Å². The third kappa shape index (κ3) is 4.48. The maximum atomic E-state index is 12.9. The molecule has 0 radical (unpaired) electrons. The molecule has 23 heavy (non-hydrogen) atoms. The molecule has 0 aliphatic rings. The smallest absolute Gasteiger partial charge is 0.322 e. The second-order valence-corrected chi connectivity index (χ2v) is 6.08. The zero-order valence-corrected chi connectivity index (χ0v) is 13.4. The Kier molecular flexibility index (Phi) is 5.30. The molecule has 1 aromatic heterocycles. The molecule has 0 atom stereocenters. The lowest BCUT2D eigenvalue weighted by Gasteiger charge is -2.12. The van der Waals surface area contributed by atoms with Crippen molar-refractivity contribution >= 4 is 23.4 Å². The average molecular weight is 340 g/mol. The third-order valence-corrected chi connectivity index (χ3v) is 3.92. The van der Waals surface area contributed by atoms with Crippen LogP contribution in [0.1, 0.15) is 28.4 Å². The van der Waals surface area contributed by atoms with Crippen LogP contribution in [0.15, 0.2) is 41.6 Å². The van der Waals surface area contributed by atoms with Gasteiger partial charge < -0.3 is 5.32 Å². The number of aryl methyl sites for hydroxylation is 1. The van der Waals surface area contributed by atoms with Crippen molar-refractivity contribution in [3.8, 4) is 0 Å². The van der Waals surface area contributed by atoms with E-state index in [4.69, 9.17) is 0 Å². The van der Waals surface area contributed by atoms with Crippen molar-refractivity contribution in [3.05, 3.63) is 53.2 Å². The van der Waals surface area contributed by atoms with Crippen molar-refractivity contribution in [2.24, 2.45) is 0 Å². The number of hydrogen-bond acceptors (Lipinski definition) is 3. The molecule has 0 unspecified atom stereocenters. The summed E-state index contributed by atoms with van der Waals surface area (Å²) in [6.45, 7) is 3.37. The predicted molar refractivity (Wildman–Crippen MR) is 84.8 cm³/mol. The number of amides is 1. The molecule has 0 aliphatic carbocycles.